The first kappa shape index (κ1) is 22.5. The number of epoxide rings is 1. The first-order valence-electron chi connectivity index (χ1n) is 11.8. The molecule has 0 spiro atoms. The minimum absolute atomic E-state index is 0.301. The Hall–Kier alpha value is -0.830. The van der Waals surface area contributed by atoms with Crippen LogP contribution in [0, 0.1) is 5.92 Å². The van der Waals surface area contributed by atoms with E-state index in [0.717, 1.165) is 19.3 Å². The van der Waals surface area contributed by atoms with E-state index in [-0.39, 0.29) is 0 Å². The monoisotopic (exact) mass is 378 g/mol. The number of carboxylic acid groups (broad SMARTS) is 1. The maximum absolute atomic E-state index is 10.6. The summed E-state index contributed by atoms with van der Waals surface area (Å²) in [7, 11) is 0. The van der Waals surface area contributed by atoms with Crippen molar-refractivity contribution in [2.45, 2.75) is 128 Å². The third-order valence-corrected chi connectivity index (χ3v) is 6.34. The van der Waals surface area contributed by atoms with Gasteiger partial charge in [-0.3, -0.25) is 4.79 Å². The molecule has 1 aliphatic heterocycles. The number of hydrogen-bond acceptors (Lipinski definition) is 2. The Balaban J connectivity index is 1.43. The quantitative estimate of drug-likeness (QED) is 0.178. The highest BCUT2D eigenvalue weighted by molar-refractivity contribution is 5.66. The SMILES string of the molecule is CCCCCCCCCCCCC/C=C1\CC[C@H](CCCC(=O)O)[C@H]2O[C@@H]12. The molecule has 0 unspecified atom stereocenters. The third-order valence-electron chi connectivity index (χ3n) is 6.34. The van der Waals surface area contributed by atoms with Gasteiger partial charge < -0.3 is 9.84 Å². The summed E-state index contributed by atoms with van der Waals surface area (Å²) in [6, 6.07) is 0. The number of rotatable bonds is 16. The molecule has 1 N–H and O–H groups in total. The van der Waals surface area contributed by atoms with Crippen LogP contribution in [0.15, 0.2) is 11.6 Å². The van der Waals surface area contributed by atoms with Gasteiger partial charge in [-0.05, 0) is 50.0 Å². The molecule has 2 fully saturated rings. The lowest BCUT2D eigenvalue weighted by atomic mass is 9.82. The summed E-state index contributed by atoms with van der Waals surface area (Å²) in [4.78, 5) is 10.6. The molecule has 2 aliphatic rings. The molecule has 27 heavy (non-hydrogen) atoms. The molecule has 1 aliphatic carbocycles. The van der Waals surface area contributed by atoms with Crippen LogP contribution in [-0.4, -0.2) is 23.3 Å². The molecule has 1 saturated carbocycles. The molecule has 3 nitrogen and oxygen atoms in total. The van der Waals surface area contributed by atoms with Gasteiger partial charge in [0.25, 0.3) is 0 Å². The van der Waals surface area contributed by atoms with Gasteiger partial charge in [-0.1, -0.05) is 77.2 Å². The van der Waals surface area contributed by atoms with Crippen LogP contribution >= 0.6 is 0 Å². The summed E-state index contributed by atoms with van der Waals surface area (Å²) >= 11 is 0. The van der Waals surface area contributed by atoms with E-state index in [1.807, 2.05) is 0 Å². The van der Waals surface area contributed by atoms with Gasteiger partial charge in [0.15, 0.2) is 0 Å². The molecule has 1 heterocycles. The van der Waals surface area contributed by atoms with Gasteiger partial charge in [0, 0.05) is 6.42 Å². The topological polar surface area (TPSA) is 49.8 Å². The lowest BCUT2D eigenvalue weighted by Gasteiger charge is -2.19. The van der Waals surface area contributed by atoms with Crippen molar-refractivity contribution in [3.63, 3.8) is 0 Å². The lowest BCUT2D eigenvalue weighted by Crippen LogP contribution is -2.18. The van der Waals surface area contributed by atoms with E-state index in [4.69, 9.17) is 9.84 Å². The average Bonchev–Trinajstić information content (AvgIpc) is 3.45. The average molecular weight is 379 g/mol. The number of hydrogen-bond donors (Lipinski definition) is 1. The van der Waals surface area contributed by atoms with Crippen molar-refractivity contribution in [2.75, 3.05) is 0 Å². The van der Waals surface area contributed by atoms with Crippen LogP contribution in [0.5, 0.6) is 0 Å². The Bertz CT molecular complexity index is 443. The van der Waals surface area contributed by atoms with E-state index in [1.54, 1.807) is 0 Å². The molecule has 0 aromatic carbocycles. The molecular formula is C24H42O3. The maximum Gasteiger partial charge on any atom is 0.303 e. The Labute approximate surface area is 167 Å². The van der Waals surface area contributed by atoms with Crippen LogP contribution in [0.4, 0.5) is 0 Å². The summed E-state index contributed by atoms with van der Waals surface area (Å²) in [5.41, 5.74) is 1.53. The molecule has 0 bridgehead atoms. The number of carbonyl (C=O) groups is 1. The Morgan fingerprint density at radius 3 is 2.26 bits per heavy atom. The van der Waals surface area contributed by atoms with Gasteiger partial charge in [0.1, 0.15) is 6.10 Å². The van der Waals surface area contributed by atoms with Gasteiger partial charge in [-0.25, -0.2) is 0 Å². The second-order valence-corrected chi connectivity index (χ2v) is 8.71. The predicted molar refractivity (Wildman–Crippen MR) is 112 cm³/mol. The zero-order valence-electron chi connectivity index (χ0n) is 17.6. The smallest absolute Gasteiger partial charge is 0.303 e. The minimum atomic E-state index is -0.674. The zero-order chi connectivity index (χ0) is 19.3. The number of ether oxygens (including phenoxy) is 1. The van der Waals surface area contributed by atoms with Crippen molar-refractivity contribution in [1.29, 1.82) is 0 Å². The third kappa shape index (κ3) is 9.27. The Morgan fingerprint density at radius 2 is 1.63 bits per heavy atom. The molecular weight excluding hydrogens is 336 g/mol. The molecule has 1 saturated heterocycles. The van der Waals surface area contributed by atoms with E-state index >= 15 is 0 Å². The molecule has 0 radical (unpaired) electrons. The van der Waals surface area contributed by atoms with E-state index in [2.05, 4.69) is 13.0 Å². The van der Waals surface area contributed by atoms with Crippen LogP contribution in [0.2, 0.25) is 0 Å². The first-order chi connectivity index (χ1) is 13.2. The van der Waals surface area contributed by atoms with Gasteiger partial charge in [0.2, 0.25) is 0 Å². The van der Waals surface area contributed by atoms with E-state index in [1.165, 1.54) is 89.0 Å². The number of fused-ring (bicyclic) bond motifs is 1. The van der Waals surface area contributed by atoms with Crippen molar-refractivity contribution in [3.05, 3.63) is 11.6 Å². The highest BCUT2D eigenvalue weighted by Crippen LogP contribution is 2.46. The lowest BCUT2D eigenvalue weighted by molar-refractivity contribution is -0.137. The fraction of sp³-hybridized carbons (Fsp3) is 0.875. The molecule has 0 aromatic rings. The normalized spacial score (nSPS) is 25.5. The summed E-state index contributed by atoms with van der Waals surface area (Å²) in [6.45, 7) is 2.28. The van der Waals surface area contributed by atoms with Crippen LogP contribution in [-0.2, 0) is 9.53 Å². The second kappa shape index (κ2) is 13.4. The van der Waals surface area contributed by atoms with Crippen LogP contribution in [0.1, 0.15) is 116 Å². The molecule has 2 rings (SSSR count). The highest BCUT2D eigenvalue weighted by atomic mass is 16.6. The molecule has 0 amide bonds. The van der Waals surface area contributed by atoms with Crippen molar-refractivity contribution in [2.24, 2.45) is 5.92 Å². The van der Waals surface area contributed by atoms with E-state index < -0.39 is 5.97 Å². The van der Waals surface area contributed by atoms with Gasteiger partial charge >= 0.3 is 5.97 Å². The standard InChI is InChI=1S/C24H42O3/c1-2-3-4-5-6-7-8-9-10-11-12-13-15-20-18-19-21(24-23(20)27-24)16-14-17-22(25)26/h15,21,23-24H,2-14,16-19H2,1H3,(H,25,26)/b20-15+/t21-,23-,24+/m0/s1. The second-order valence-electron chi connectivity index (χ2n) is 8.71. The Morgan fingerprint density at radius 1 is 1.00 bits per heavy atom. The molecule has 0 aromatic heterocycles. The summed E-state index contributed by atoms with van der Waals surface area (Å²) in [5.74, 6) is -0.0832. The summed E-state index contributed by atoms with van der Waals surface area (Å²) < 4.78 is 5.90. The van der Waals surface area contributed by atoms with Gasteiger partial charge in [-0.2, -0.15) is 0 Å². The molecule has 3 heteroatoms. The number of carboxylic acids is 1. The number of aliphatic carboxylic acids is 1. The van der Waals surface area contributed by atoms with E-state index in [0.29, 0.717) is 24.5 Å². The molecule has 3 atom stereocenters. The zero-order valence-corrected chi connectivity index (χ0v) is 17.6. The van der Waals surface area contributed by atoms with Crippen LogP contribution in [0.25, 0.3) is 0 Å². The van der Waals surface area contributed by atoms with Crippen LogP contribution in [0.3, 0.4) is 0 Å². The Kier molecular flexibility index (Phi) is 11.1. The van der Waals surface area contributed by atoms with Gasteiger partial charge in [0.05, 0.1) is 6.10 Å². The highest BCUT2D eigenvalue weighted by Gasteiger charge is 2.49. The minimum Gasteiger partial charge on any atom is -0.481 e. The summed E-state index contributed by atoms with van der Waals surface area (Å²) in [6.07, 6.45) is 24.3. The predicted octanol–water partition coefficient (Wildman–Crippen LogP) is 7.05. The van der Waals surface area contributed by atoms with Crippen molar-refractivity contribution < 1.29 is 14.6 Å². The maximum atomic E-state index is 10.6. The largest absolute Gasteiger partial charge is 0.481 e. The molecule has 156 valence electrons. The first-order valence-corrected chi connectivity index (χ1v) is 11.8. The number of allylic oxidation sites excluding steroid dienone is 1. The fourth-order valence-corrected chi connectivity index (χ4v) is 4.58. The van der Waals surface area contributed by atoms with Crippen molar-refractivity contribution >= 4 is 5.97 Å². The van der Waals surface area contributed by atoms with Crippen molar-refractivity contribution in [1.82, 2.24) is 0 Å². The van der Waals surface area contributed by atoms with Gasteiger partial charge in [-0.15, -0.1) is 0 Å². The fourth-order valence-electron chi connectivity index (χ4n) is 4.58. The number of unbranched alkanes of at least 4 members (excludes halogenated alkanes) is 11. The van der Waals surface area contributed by atoms with Crippen LogP contribution < -0.4 is 0 Å². The van der Waals surface area contributed by atoms with E-state index in [9.17, 15) is 4.79 Å². The summed E-state index contributed by atoms with van der Waals surface area (Å²) in [5, 5.41) is 8.76. The van der Waals surface area contributed by atoms with Crippen molar-refractivity contribution in [3.8, 4) is 0 Å².